The van der Waals surface area contributed by atoms with Crippen LogP contribution in [0.5, 0.6) is 0 Å². The minimum Gasteiger partial charge on any atom is -0.399 e. The molecule has 0 bridgehead atoms. The summed E-state index contributed by atoms with van der Waals surface area (Å²) >= 11 is 0. The first-order chi connectivity index (χ1) is 13.5. The van der Waals surface area contributed by atoms with E-state index in [2.05, 4.69) is 10.7 Å². The molecule has 0 aromatic heterocycles. The fraction of sp³-hybridized carbons (Fsp3) is 0.0909. The van der Waals surface area contributed by atoms with Gasteiger partial charge in [-0.3, -0.25) is 20.0 Å². The van der Waals surface area contributed by atoms with Gasteiger partial charge in [0.25, 0.3) is 10.9 Å². The van der Waals surface area contributed by atoms with Crippen LogP contribution in [-0.2, 0) is 0 Å². The number of hydrogen-bond acceptors (Lipinski definition) is 6. The van der Waals surface area contributed by atoms with E-state index in [1.165, 1.54) is 0 Å². The third kappa shape index (κ3) is 2.95. The molecule has 0 atom stereocenters. The number of anilines is 5. The van der Waals surface area contributed by atoms with Crippen LogP contribution in [0.4, 0.5) is 28.4 Å². The Morgan fingerprint density at radius 3 is 2.43 bits per heavy atom. The number of benzene rings is 3. The summed E-state index contributed by atoms with van der Waals surface area (Å²) in [5.74, 6) is 0. The number of nitrogens with one attached hydrogen (secondary N) is 2. The molecule has 4 rings (SSSR count). The van der Waals surface area contributed by atoms with E-state index in [9.17, 15) is 9.59 Å². The molecular formula is C22H20N4O2. The number of nitrogens with two attached hydrogens (primary N) is 1. The second-order valence-electron chi connectivity index (χ2n) is 6.78. The average Bonchev–Trinajstić information content (AvgIpc) is 2.72. The molecule has 0 aliphatic rings. The van der Waals surface area contributed by atoms with Gasteiger partial charge >= 0.3 is 0 Å². The van der Waals surface area contributed by atoms with Crippen molar-refractivity contribution in [1.29, 1.82) is 0 Å². The standard InChI is InChI=1S/C22H20N4O2/c1-13-10-11-15(23)12-17(13)24-19-20(22(28)21(19)27)25-26(2)18-9-5-7-14-6-3-4-8-16(14)18/h3-12,24-25H,23H2,1-2H3. The van der Waals surface area contributed by atoms with Gasteiger partial charge in [-0.25, -0.2) is 0 Å². The SMILES string of the molecule is Cc1ccc(N)cc1Nc1c(NN(C)c2cccc3ccccc23)c(=O)c1=O. The van der Waals surface area contributed by atoms with Crippen LogP contribution in [0.3, 0.4) is 0 Å². The highest BCUT2D eigenvalue weighted by atomic mass is 16.2. The highest BCUT2D eigenvalue weighted by Crippen LogP contribution is 2.29. The molecule has 0 heterocycles. The third-order valence-corrected chi connectivity index (χ3v) is 4.84. The maximum Gasteiger partial charge on any atom is 0.255 e. The van der Waals surface area contributed by atoms with Crippen molar-refractivity contribution < 1.29 is 0 Å². The summed E-state index contributed by atoms with van der Waals surface area (Å²) < 4.78 is 0. The number of nitrogen functional groups attached to an aromatic ring is 1. The smallest absolute Gasteiger partial charge is 0.255 e. The maximum atomic E-state index is 12.2. The highest BCUT2D eigenvalue weighted by Gasteiger charge is 2.23. The lowest BCUT2D eigenvalue weighted by molar-refractivity contribution is 1.09. The molecule has 0 amide bonds. The van der Waals surface area contributed by atoms with Gasteiger partial charge in [-0.2, -0.15) is 0 Å². The van der Waals surface area contributed by atoms with Crippen molar-refractivity contribution in [2.45, 2.75) is 6.92 Å². The first kappa shape index (κ1) is 17.6. The van der Waals surface area contributed by atoms with E-state index in [0.29, 0.717) is 11.4 Å². The van der Waals surface area contributed by atoms with Crippen LogP contribution in [0, 0.1) is 6.92 Å². The van der Waals surface area contributed by atoms with Gasteiger partial charge in [-0.1, -0.05) is 42.5 Å². The molecule has 6 nitrogen and oxygen atoms in total. The fourth-order valence-electron chi connectivity index (χ4n) is 3.26. The van der Waals surface area contributed by atoms with Crippen LogP contribution in [0.25, 0.3) is 10.8 Å². The third-order valence-electron chi connectivity index (χ3n) is 4.84. The van der Waals surface area contributed by atoms with Crippen LogP contribution in [-0.4, -0.2) is 7.05 Å². The predicted octanol–water partition coefficient (Wildman–Crippen LogP) is 3.53. The Kier molecular flexibility index (Phi) is 4.24. The van der Waals surface area contributed by atoms with Crippen LogP contribution < -0.4 is 32.3 Å². The highest BCUT2D eigenvalue weighted by molar-refractivity contribution is 5.95. The summed E-state index contributed by atoms with van der Waals surface area (Å²) in [6, 6.07) is 19.3. The quantitative estimate of drug-likeness (QED) is 0.282. The van der Waals surface area contributed by atoms with Gasteiger partial charge in [0.05, 0.1) is 5.69 Å². The first-order valence-corrected chi connectivity index (χ1v) is 8.90. The lowest BCUT2D eigenvalue weighted by Gasteiger charge is -2.25. The zero-order chi connectivity index (χ0) is 19.8. The molecule has 28 heavy (non-hydrogen) atoms. The minimum atomic E-state index is -0.546. The molecule has 6 heteroatoms. The van der Waals surface area contributed by atoms with Crippen LogP contribution in [0.15, 0.2) is 70.3 Å². The van der Waals surface area contributed by atoms with Crippen LogP contribution >= 0.6 is 0 Å². The van der Waals surface area contributed by atoms with Crippen LogP contribution in [0.2, 0.25) is 0 Å². The van der Waals surface area contributed by atoms with E-state index in [1.807, 2.05) is 62.5 Å². The predicted molar refractivity (Wildman–Crippen MR) is 116 cm³/mol. The van der Waals surface area contributed by atoms with E-state index in [0.717, 1.165) is 22.0 Å². The lowest BCUT2D eigenvalue weighted by atomic mass is 10.1. The molecule has 0 aliphatic heterocycles. The summed E-state index contributed by atoms with van der Waals surface area (Å²) in [6.45, 7) is 1.91. The molecule has 0 unspecified atom stereocenters. The lowest BCUT2D eigenvalue weighted by Crippen LogP contribution is -2.40. The van der Waals surface area contributed by atoms with Gasteiger partial charge in [0.1, 0.15) is 11.4 Å². The van der Waals surface area contributed by atoms with E-state index < -0.39 is 10.9 Å². The monoisotopic (exact) mass is 372 g/mol. The number of rotatable bonds is 5. The van der Waals surface area contributed by atoms with E-state index in [-0.39, 0.29) is 11.4 Å². The van der Waals surface area contributed by atoms with E-state index in [4.69, 9.17) is 5.73 Å². The Labute approximate surface area is 161 Å². The summed E-state index contributed by atoms with van der Waals surface area (Å²) in [4.78, 5) is 24.3. The van der Waals surface area contributed by atoms with Gasteiger partial charge in [0.2, 0.25) is 0 Å². The van der Waals surface area contributed by atoms with Gasteiger partial charge in [0.15, 0.2) is 0 Å². The van der Waals surface area contributed by atoms with Gasteiger partial charge < -0.3 is 11.1 Å². The van der Waals surface area contributed by atoms with Gasteiger partial charge in [0, 0.05) is 23.8 Å². The molecular weight excluding hydrogens is 352 g/mol. The van der Waals surface area contributed by atoms with Gasteiger partial charge in [-0.05, 0) is 36.1 Å². The molecule has 0 aliphatic carbocycles. The number of aryl methyl sites for hydroxylation is 1. The Morgan fingerprint density at radius 2 is 1.61 bits per heavy atom. The zero-order valence-electron chi connectivity index (χ0n) is 15.6. The molecule has 0 saturated carbocycles. The molecule has 4 aromatic carbocycles. The number of hydrazine groups is 1. The molecule has 4 aromatic rings. The summed E-state index contributed by atoms with van der Waals surface area (Å²) in [5.41, 5.74) is 11.4. The van der Waals surface area contributed by atoms with Gasteiger partial charge in [-0.15, -0.1) is 0 Å². The van der Waals surface area contributed by atoms with Crippen molar-refractivity contribution in [1.82, 2.24) is 0 Å². The molecule has 0 radical (unpaired) electrons. The average molecular weight is 372 g/mol. The van der Waals surface area contributed by atoms with Crippen molar-refractivity contribution in [3.8, 4) is 0 Å². The molecule has 4 N–H and O–H groups in total. The normalized spacial score (nSPS) is 10.9. The maximum absolute atomic E-state index is 12.2. The fourth-order valence-corrected chi connectivity index (χ4v) is 3.26. The van der Waals surface area contributed by atoms with Crippen molar-refractivity contribution in [2.75, 3.05) is 28.5 Å². The topological polar surface area (TPSA) is 87.5 Å². The molecule has 0 fully saturated rings. The number of hydrogen-bond donors (Lipinski definition) is 3. The first-order valence-electron chi connectivity index (χ1n) is 8.90. The number of fused-ring (bicyclic) bond motifs is 1. The second-order valence-corrected chi connectivity index (χ2v) is 6.78. The van der Waals surface area contributed by atoms with Crippen molar-refractivity contribution in [2.24, 2.45) is 0 Å². The zero-order valence-corrected chi connectivity index (χ0v) is 15.6. The minimum absolute atomic E-state index is 0.238. The molecule has 140 valence electrons. The summed E-state index contributed by atoms with van der Waals surface area (Å²) in [7, 11) is 1.81. The van der Waals surface area contributed by atoms with Crippen molar-refractivity contribution in [3.63, 3.8) is 0 Å². The van der Waals surface area contributed by atoms with E-state index >= 15 is 0 Å². The Hall–Kier alpha value is -3.80. The number of nitrogens with zero attached hydrogens (tertiary/aromatic N) is 1. The largest absolute Gasteiger partial charge is 0.399 e. The summed E-state index contributed by atoms with van der Waals surface area (Å²) in [6.07, 6.45) is 0. The Bertz CT molecular complexity index is 1250. The Balaban J connectivity index is 1.66. The van der Waals surface area contributed by atoms with Crippen LogP contribution in [0.1, 0.15) is 5.56 Å². The molecule has 0 saturated heterocycles. The second kappa shape index (κ2) is 6.74. The Morgan fingerprint density at radius 1 is 0.893 bits per heavy atom. The van der Waals surface area contributed by atoms with Crippen molar-refractivity contribution >= 4 is 39.2 Å². The summed E-state index contributed by atoms with van der Waals surface area (Å²) in [5, 5.41) is 6.93. The molecule has 0 spiro atoms. The van der Waals surface area contributed by atoms with Crippen molar-refractivity contribution in [3.05, 3.63) is 86.7 Å². The van der Waals surface area contributed by atoms with E-state index in [1.54, 1.807) is 17.1 Å².